The van der Waals surface area contributed by atoms with Gasteiger partial charge in [-0.15, -0.1) is 22.7 Å². The lowest BCUT2D eigenvalue weighted by Crippen LogP contribution is -2.28. The first kappa shape index (κ1) is 36.1. The molecule has 63 heavy (non-hydrogen) atoms. The molecule has 5 heteroatoms. The van der Waals surface area contributed by atoms with E-state index >= 15 is 0 Å². The average Bonchev–Trinajstić information content (AvgIpc) is 4.03. The smallest absolute Gasteiger partial charge is 0.165 e. The van der Waals surface area contributed by atoms with E-state index in [1.165, 1.54) is 73.7 Å². The summed E-state index contributed by atoms with van der Waals surface area (Å²) in [6.07, 6.45) is 0. The molecule has 3 heterocycles. The molecule has 13 rings (SSSR count). The molecule has 3 nitrogen and oxygen atoms in total. The van der Waals surface area contributed by atoms with Crippen molar-refractivity contribution >= 4 is 63.0 Å². The van der Waals surface area contributed by atoms with E-state index in [4.69, 9.17) is 15.0 Å². The molecule has 0 bridgehead atoms. The van der Waals surface area contributed by atoms with Crippen molar-refractivity contribution in [2.24, 2.45) is 0 Å². The fourth-order valence-corrected chi connectivity index (χ4v) is 12.7. The van der Waals surface area contributed by atoms with E-state index in [0.717, 1.165) is 27.8 Å². The van der Waals surface area contributed by atoms with Crippen molar-refractivity contribution in [2.75, 3.05) is 0 Å². The van der Waals surface area contributed by atoms with Gasteiger partial charge >= 0.3 is 0 Å². The Hall–Kier alpha value is -7.57. The molecule has 0 unspecified atom stereocenters. The zero-order chi connectivity index (χ0) is 41.5. The first-order valence-corrected chi connectivity index (χ1v) is 22.9. The molecule has 0 radical (unpaired) electrons. The molecule has 294 valence electrons. The Labute approximate surface area is 372 Å². The van der Waals surface area contributed by atoms with Crippen molar-refractivity contribution in [1.29, 1.82) is 0 Å². The van der Waals surface area contributed by atoms with Crippen LogP contribution in [0.3, 0.4) is 0 Å². The first-order chi connectivity index (χ1) is 31.3. The summed E-state index contributed by atoms with van der Waals surface area (Å²) in [6.45, 7) is 0. The Bertz CT molecular complexity index is 3720. The van der Waals surface area contributed by atoms with Crippen molar-refractivity contribution in [3.05, 3.63) is 235 Å². The lowest BCUT2D eigenvalue weighted by atomic mass is 9.67. The summed E-state index contributed by atoms with van der Waals surface area (Å²) < 4.78 is 4.94. The molecule has 3 aromatic heterocycles. The monoisotopic (exact) mass is 837 g/mol. The second-order valence-electron chi connectivity index (χ2n) is 16.2. The predicted octanol–water partition coefficient (Wildman–Crippen LogP) is 15.6. The van der Waals surface area contributed by atoms with Crippen molar-refractivity contribution in [3.63, 3.8) is 0 Å². The fourth-order valence-electron chi connectivity index (χ4n) is 10.2. The second-order valence-corrected chi connectivity index (χ2v) is 18.3. The standard InChI is InChI=1S/C58H35N3S2/c1-3-18-36(19-4-1)58(37-20-5-2-6-21-37)48-32-12-9-26-45(48)52-46(30-17-33-49(52)58)56-59-55(60-57(61-56)47-31-16-29-43-40-24-11-14-35-51(40)63-54(43)47)44-25-8-7-22-38(44)41-27-15-28-42-39-23-10-13-34-50(39)62-53(41)42/h1-35H. The third-order valence-corrected chi connectivity index (χ3v) is 15.3. The predicted molar refractivity (Wildman–Crippen MR) is 265 cm³/mol. The fraction of sp³-hybridized carbons (Fsp3) is 0.0172. The van der Waals surface area contributed by atoms with Crippen molar-refractivity contribution < 1.29 is 0 Å². The van der Waals surface area contributed by atoms with Crippen LogP contribution in [0, 0.1) is 0 Å². The molecule has 0 atom stereocenters. The molecule has 0 saturated heterocycles. The van der Waals surface area contributed by atoms with Gasteiger partial charge in [0.15, 0.2) is 17.5 Å². The van der Waals surface area contributed by atoms with Crippen LogP contribution in [0.25, 0.3) is 96.8 Å². The van der Waals surface area contributed by atoms with Crippen LogP contribution in [-0.4, -0.2) is 15.0 Å². The highest BCUT2D eigenvalue weighted by molar-refractivity contribution is 7.26. The van der Waals surface area contributed by atoms with Gasteiger partial charge in [-0.2, -0.15) is 0 Å². The number of fused-ring (bicyclic) bond motifs is 9. The van der Waals surface area contributed by atoms with Crippen LogP contribution in [0.1, 0.15) is 22.3 Å². The van der Waals surface area contributed by atoms with Crippen LogP contribution < -0.4 is 0 Å². The molecular formula is C58H35N3S2. The van der Waals surface area contributed by atoms with Crippen LogP contribution in [0.15, 0.2) is 212 Å². The van der Waals surface area contributed by atoms with E-state index in [1.807, 2.05) is 11.3 Å². The van der Waals surface area contributed by atoms with Gasteiger partial charge < -0.3 is 0 Å². The summed E-state index contributed by atoms with van der Waals surface area (Å²) in [4.78, 5) is 16.6. The average molecular weight is 838 g/mol. The molecule has 1 aliphatic carbocycles. The maximum absolute atomic E-state index is 5.56. The highest BCUT2D eigenvalue weighted by Crippen LogP contribution is 2.58. The molecule has 9 aromatic carbocycles. The topological polar surface area (TPSA) is 38.7 Å². The second kappa shape index (κ2) is 14.2. The number of thiophene rings is 2. The van der Waals surface area contributed by atoms with E-state index in [0.29, 0.717) is 17.5 Å². The summed E-state index contributed by atoms with van der Waals surface area (Å²) in [7, 11) is 0. The molecule has 12 aromatic rings. The van der Waals surface area contributed by atoms with Gasteiger partial charge in [-0.25, -0.2) is 15.0 Å². The molecule has 0 saturated carbocycles. The van der Waals surface area contributed by atoms with Gasteiger partial charge in [-0.3, -0.25) is 0 Å². The van der Waals surface area contributed by atoms with Crippen molar-refractivity contribution in [1.82, 2.24) is 15.0 Å². The number of benzene rings is 9. The third-order valence-electron chi connectivity index (χ3n) is 12.9. The van der Waals surface area contributed by atoms with Crippen LogP contribution in [-0.2, 0) is 5.41 Å². The summed E-state index contributed by atoms with van der Waals surface area (Å²) in [6, 6.07) is 76.6. The van der Waals surface area contributed by atoms with E-state index < -0.39 is 5.41 Å². The number of nitrogens with zero attached hydrogens (tertiary/aromatic N) is 3. The van der Waals surface area contributed by atoms with E-state index in [2.05, 4.69) is 212 Å². The van der Waals surface area contributed by atoms with Crippen LogP contribution in [0.4, 0.5) is 0 Å². The van der Waals surface area contributed by atoms with Crippen LogP contribution >= 0.6 is 22.7 Å². The highest BCUT2D eigenvalue weighted by Gasteiger charge is 2.47. The normalized spacial score (nSPS) is 12.9. The minimum absolute atomic E-state index is 0.554. The lowest BCUT2D eigenvalue weighted by molar-refractivity contribution is 0.768. The largest absolute Gasteiger partial charge is 0.208 e. The summed E-state index contributed by atoms with van der Waals surface area (Å²) >= 11 is 3.64. The van der Waals surface area contributed by atoms with Gasteiger partial charge in [0.05, 0.1) is 5.41 Å². The minimum Gasteiger partial charge on any atom is -0.208 e. The molecule has 0 fully saturated rings. The van der Waals surface area contributed by atoms with Crippen molar-refractivity contribution in [3.8, 4) is 56.4 Å². The number of hydrogen-bond donors (Lipinski definition) is 0. The Morgan fingerprint density at radius 2 is 0.698 bits per heavy atom. The van der Waals surface area contributed by atoms with E-state index in [1.54, 1.807) is 11.3 Å². The zero-order valence-corrected chi connectivity index (χ0v) is 35.5. The van der Waals surface area contributed by atoms with Gasteiger partial charge in [0, 0.05) is 62.6 Å². The number of rotatable bonds is 6. The molecule has 0 spiro atoms. The Morgan fingerprint density at radius 1 is 0.286 bits per heavy atom. The minimum atomic E-state index is -0.554. The summed E-state index contributed by atoms with van der Waals surface area (Å²) in [5.41, 5.74) is 11.9. The molecule has 0 amide bonds. The third kappa shape index (κ3) is 5.40. The first-order valence-electron chi connectivity index (χ1n) is 21.3. The van der Waals surface area contributed by atoms with Crippen LogP contribution in [0.5, 0.6) is 0 Å². The molecule has 0 aliphatic heterocycles. The maximum atomic E-state index is 5.56. The lowest BCUT2D eigenvalue weighted by Gasteiger charge is -2.33. The van der Waals surface area contributed by atoms with Crippen LogP contribution in [0.2, 0.25) is 0 Å². The van der Waals surface area contributed by atoms with Gasteiger partial charge in [-0.1, -0.05) is 194 Å². The van der Waals surface area contributed by atoms with Crippen molar-refractivity contribution in [2.45, 2.75) is 5.41 Å². The SMILES string of the molecule is c1ccc(C2(c3ccccc3)c3ccccc3-c3c(-c4nc(-c5ccccc5-c5cccc6c5sc5ccccc56)nc(-c5cccc6c5sc5ccccc56)n4)cccc32)cc1. The Morgan fingerprint density at radius 3 is 1.35 bits per heavy atom. The number of hydrogen-bond acceptors (Lipinski definition) is 5. The molecular weight excluding hydrogens is 803 g/mol. The van der Waals surface area contributed by atoms with Gasteiger partial charge in [0.25, 0.3) is 0 Å². The Kier molecular flexibility index (Phi) is 8.17. The quantitative estimate of drug-likeness (QED) is 0.167. The van der Waals surface area contributed by atoms with E-state index in [-0.39, 0.29) is 0 Å². The summed E-state index contributed by atoms with van der Waals surface area (Å²) in [5.74, 6) is 1.94. The van der Waals surface area contributed by atoms with Gasteiger partial charge in [-0.05, 0) is 57.1 Å². The van der Waals surface area contributed by atoms with E-state index in [9.17, 15) is 0 Å². The maximum Gasteiger partial charge on any atom is 0.165 e. The highest BCUT2D eigenvalue weighted by atomic mass is 32.1. The van der Waals surface area contributed by atoms with Gasteiger partial charge in [0.1, 0.15) is 0 Å². The van der Waals surface area contributed by atoms with Gasteiger partial charge in [0.2, 0.25) is 0 Å². The molecule has 0 N–H and O–H groups in total. The Balaban J connectivity index is 1.11. The number of aromatic nitrogens is 3. The molecule has 1 aliphatic rings. The zero-order valence-electron chi connectivity index (χ0n) is 33.9. The summed E-state index contributed by atoms with van der Waals surface area (Å²) in [5, 5.41) is 4.98.